The quantitative estimate of drug-likeness (QED) is 0.850. The fraction of sp³-hybridized carbons (Fsp3) is 0.333. The monoisotopic (exact) mass is 351 g/mol. The summed E-state index contributed by atoms with van der Waals surface area (Å²) >= 11 is 0. The van der Waals surface area contributed by atoms with Crippen LogP contribution in [0.2, 0.25) is 0 Å². The van der Waals surface area contributed by atoms with Crippen LogP contribution in [0.15, 0.2) is 36.4 Å². The molecule has 0 aromatic heterocycles. The lowest BCUT2D eigenvalue weighted by Crippen LogP contribution is -2.50. The fourth-order valence-corrected chi connectivity index (χ4v) is 4.47. The zero-order chi connectivity index (χ0) is 18.5. The number of methoxy groups -OCH3 is 2. The average Bonchev–Trinajstić information content (AvgIpc) is 2.89. The minimum atomic E-state index is -0.771. The second-order valence-electron chi connectivity index (χ2n) is 6.86. The minimum Gasteiger partial charge on any atom is -0.493 e. The van der Waals surface area contributed by atoms with E-state index in [-0.39, 0.29) is 18.1 Å². The highest BCUT2D eigenvalue weighted by molar-refractivity contribution is 6.02. The van der Waals surface area contributed by atoms with Gasteiger partial charge < -0.3 is 14.4 Å². The first-order valence-electron chi connectivity index (χ1n) is 8.69. The maximum Gasteiger partial charge on any atom is 0.255 e. The van der Waals surface area contributed by atoms with E-state index in [0.29, 0.717) is 23.6 Å². The number of benzene rings is 2. The number of ketones is 1. The predicted octanol–water partition coefficient (Wildman–Crippen LogP) is 2.94. The Balaban J connectivity index is 2.05. The first-order valence-corrected chi connectivity index (χ1v) is 8.69. The van der Waals surface area contributed by atoms with Crippen LogP contribution in [-0.2, 0) is 16.8 Å². The summed E-state index contributed by atoms with van der Waals surface area (Å²) in [5.41, 5.74) is 2.84. The van der Waals surface area contributed by atoms with Gasteiger partial charge in [0.15, 0.2) is 11.5 Å². The topological polar surface area (TPSA) is 55.8 Å². The highest BCUT2D eigenvalue weighted by Crippen LogP contribution is 2.52. The van der Waals surface area contributed by atoms with Crippen LogP contribution in [0, 0.1) is 0 Å². The smallest absolute Gasteiger partial charge is 0.255 e. The predicted molar refractivity (Wildman–Crippen MR) is 96.8 cm³/mol. The van der Waals surface area contributed by atoms with E-state index in [9.17, 15) is 9.59 Å². The molecule has 0 N–H and O–H groups in total. The van der Waals surface area contributed by atoms with Crippen LogP contribution in [0.25, 0.3) is 0 Å². The molecule has 2 heterocycles. The third-order valence-electron chi connectivity index (χ3n) is 5.47. The van der Waals surface area contributed by atoms with E-state index in [1.165, 1.54) is 0 Å². The van der Waals surface area contributed by atoms with Crippen molar-refractivity contribution >= 4 is 11.7 Å². The molecule has 134 valence electrons. The van der Waals surface area contributed by atoms with Gasteiger partial charge in [0, 0.05) is 18.5 Å². The third kappa shape index (κ3) is 2.09. The van der Waals surface area contributed by atoms with Gasteiger partial charge in [0.25, 0.3) is 5.91 Å². The minimum absolute atomic E-state index is 0.0118. The van der Waals surface area contributed by atoms with Crippen LogP contribution in [0.3, 0.4) is 0 Å². The van der Waals surface area contributed by atoms with Crippen molar-refractivity contribution < 1.29 is 19.1 Å². The standard InChI is InChI=1S/C21H21NO4/c1-13(23)12-21-16-7-5-4-6-15(16)20(24)22(21)9-8-14-10-18(25-2)19(26-3)11-17(14)21/h4-7,10-11H,8-9,12H2,1-3H3. The van der Waals surface area contributed by atoms with Gasteiger partial charge in [0.1, 0.15) is 11.3 Å². The first-order chi connectivity index (χ1) is 12.5. The zero-order valence-corrected chi connectivity index (χ0v) is 15.2. The molecule has 0 fully saturated rings. The summed E-state index contributed by atoms with van der Waals surface area (Å²) in [6.07, 6.45) is 0.966. The fourth-order valence-electron chi connectivity index (χ4n) is 4.47. The van der Waals surface area contributed by atoms with Crippen molar-refractivity contribution in [3.8, 4) is 11.5 Å². The van der Waals surface area contributed by atoms with E-state index in [0.717, 1.165) is 23.1 Å². The Morgan fingerprint density at radius 2 is 1.81 bits per heavy atom. The van der Waals surface area contributed by atoms with Crippen molar-refractivity contribution in [2.75, 3.05) is 20.8 Å². The van der Waals surface area contributed by atoms with Crippen molar-refractivity contribution in [1.29, 1.82) is 0 Å². The summed E-state index contributed by atoms with van der Waals surface area (Å²) in [4.78, 5) is 27.2. The molecule has 5 heteroatoms. The van der Waals surface area contributed by atoms with Gasteiger partial charge in [-0.2, -0.15) is 0 Å². The molecule has 2 aliphatic heterocycles. The summed E-state index contributed by atoms with van der Waals surface area (Å²) in [5, 5.41) is 0. The SMILES string of the molecule is COc1cc2c(cc1OC)C1(CC(C)=O)c3ccccc3C(=O)N1CC2. The second kappa shape index (κ2) is 5.87. The summed E-state index contributed by atoms with van der Waals surface area (Å²) < 4.78 is 10.9. The molecule has 0 aliphatic carbocycles. The molecule has 26 heavy (non-hydrogen) atoms. The number of hydrogen-bond donors (Lipinski definition) is 0. The molecule has 5 nitrogen and oxygen atoms in total. The molecule has 0 saturated heterocycles. The molecule has 2 aliphatic rings. The van der Waals surface area contributed by atoms with Crippen molar-refractivity contribution in [2.45, 2.75) is 25.3 Å². The van der Waals surface area contributed by atoms with Gasteiger partial charge in [-0.25, -0.2) is 0 Å². The maximum absolute atomic E-state index is 13.1. The van der Waals surface area contributed by atoms with Gasteiger partial charge in [-0.05, 0) is 48.2 Å². The van der Waals surface area contributed by atoms with E-state index in [4.69, 9.17) is 9.47 Å². The summed E-state index contributed by atoms with van der Waals surface area (Å²) in [6.45, 7) is 2.15. The van der Waals surface area contributed by atoms with E-state index >= 15 is 0 Å². The van der Waals surface area contributed by atoms with Crippen LogP contribution in [0.4, 0.5) is 0 Å². The molecule has 0 bridgehead atoms. The number of carbonyl (C=O) groups is 2. The van der Waals surface area contributed by atoms with Crippen molar-refractivity contribution in [3.05, 3.63) is 58.7 Å². The second-order valence-corrected chi connectivity index (χ2v) is 6.86. The molecule has 1 unspecified atom stereocenters. The number of fused-ring (bicyclic) bond motifs is 5. The third-order valence-corrected chi connectivity index (χ3v) is 5.47. The van der Waals surface area contributed by atoms with Crippen LogP contribution in [0.1, 0.15) is 40.4 Å². The number of rotatable bonds is 4. The highest BCUT2D eigenvalue weighted by Gasteiger charge is 2.53. The molecule has 1 amide bonds. The van der Waals surface area contributed by atoms with E-state index in [1.54, 1.807) is 21.1 Å². The highest BCUT2D eigenvalue weighted by atomic mass is 16.5. The molecule has 0 spiro atoms. The van der Waals surface area contributed by atoms with Crippen molar-refractivity contribution in [1.82, 2.24) is 4.90 Å². The van der Waals surface area contributed by atoms with Crippen LogP contribution >= 0.6 is 0 Å². The molecule has 0 radical (unpaired) electrons. The number of nitrogens with zero attached hydrogens (tertiary/aromatic N) is 1. The Kier molecular flexibility index (Phi) is 3.75. The first kappa shape index (κ1) is 16.6. The Bertz CT molecular complexity index is 920. The van der Waals surface area contributed by atoms with E-state index < -0.39 is 5.54 Å². The Hall–Kier alpha value is -2.82. The summed E-state index contributed by atoms with van der Waals surface area (Å²) in [5.74, 6) is 1.30. The lowest BCUT2D eigenvalue weighted by Gasteiger charge is -2.44. The zero-order valence-electron chi connectivity index (χ0n) is 15.2. The number of hydrogen-bond acceptors (Lipinski definition) is 4. The molecular formula is C21H21NO4. The Morgan fingerprint density at radius 1 is 1.12 bits per heavy atom. The lowest BCUT2D eigenvalue weighted by atomic mass is 9.74. The van der Waals surface area contributed by atoms with Crippen LogP contribution in [0.5, 0.6) is 11.5 Å². The van der Waals surface area contributed by atoms with Crippen LogP contribution in [-0.4, -0.2) is 37.4 Å². The van der Waals surface area contributed by atoms with Gasteiger partial charge >= 0.3 is 0 Å². The number of Topliss-reactive ketones (excluding diaryl/α,β-unsaturated/α-hetero) is 1. The summed E-state index contributed by atoms with van der Waals surface area (Å²) in [7, 11) is 3.20. The van der Waals surface area contributed by atoms with Crippen LogP contribution < -0.4 is 9.47 Å². The molecule has 2 aromatic carbocycles. The largest absolute Gasteiger partial charge is 0.493 e. The summed E-state index contributed by atoms with van der Waals surface area (Å²) in [6, 6.07) is 11.5. The van der Waals surface area contributed by atoms with Gasteiger partial charge in [-0.15, -0.1) is 0 Å². The van der Waals surface area contributed by atoms with Gasteiger partial charge in [0.2, 0.25) is 0 Å². The molecule has 0 saturated carbocycles. The van der Waals surface area contributed by atoms with Gasteiger partial charge in [-0.1, -0.05) is 18.2 Å². The van der Waals surface area contributed by atoms with Gasteiger partial charge in [-0.3, -0.25) is 9.59 Å². The normalized spacial score (nSPS) is 20.3. The van der Waals surface area contributed by atoms with E-state index in [1.807, 2.05) is 41.3 Å². The number of carbonyl (C=O) groups excluding carboxylic acids is 2. The number of amides is 1. The van der Waals surface area contributed by atoms with E-state index in [2.05, 4.69) is 0 Å². The molecule has 1 atom stereocenters. The lowest BCUT2D eigenvalue weighted by molar-refractivity contribution is -0.119. The average molecular weight is 351 g/mol. The Morgan fingerprint density at radius 3 is 2.50 bits per heavy atom. The molecule has 2 aromatic rings. The van der Waals surface area contributed by atoms with Crippen molar-refractivity contribution in [3.63, 3.8) is 0 Å². The Labute approximate surface area is 152 Å². The maximum atomic E-state index is 13.1. The molecular weight excluding hydrogens is 330 g/mol. The molecule has 4 rings (SSSR count). The van der Waals surface area contributed by atoms with Crippen molar-refractivity contribution in [2.24, 2.45) is 0 Å². The van der Waals surface area contributed by atoms with Gasteiger partial charge in [0.05, 0.1) is 14.2 Å². The number of ether oxygens (including phenoxy) is 2.